The van der Waals surface area contributed by atoms with E-state index < -0.39 is 17.0 Å². The van der Waals surface area contributed by atoms with Gasteiger partial charge in [-0.3, -0.25) is 24.1 Å². The van der Waals surface area contributed by atoms with Gasteiger partial charge < -0.3 is 11.1 Å². The van der Waals surface area contributed by atoms with Crippen molar-refractivity contribution in [2.24, 2.45) is 17.5 Å². The number of hydrogen-bond acceptors (Lipinski definition) is 9. The van der Waals surface area contributed by atoms with Crippen molar-refractivity contribution in [1.29, 1.82) is 0 Å². The first-order chi connectivity index (χ1) is 20.5. The van der Waals surface area contributed by atoms with Crippen LogP contribution in [-0.2, 0) is 15.8 Å². The van der Waals surface area contributed by atoms with E-state index in [-0.39, 0.29) is 22.5 Å². The van der Waals surface area contributed by atoms with Crippen molar-refractivity contribution in [3.63, 3.8) is 0 Å². The summed E-state index contributed by atoms with van der Waals surface area (Å²) in [5.74, 6) is 5.65. The van der Waals surface area contributed by atoms with Gasteiger partial charge in [0.15, 0.2) is 0 Å². The second kappa shape index (κ2) is 12.7. The molecule has 1 aliphatic heterocycles. The van der Waals surface area contributed by atoms with Crippen LogP contribution in [0.15, 0.2) is 71.3 Å². The van der Waals surface area contributed by atoms with Crippen molar-refractivity contribution in [2.45, 2.75) is 32.2 Å². The van der Waals surface area contributed by atoms with Crippen molar-refractivity contribution in [3.8, 4) is 22.5 Å². The number of nitrogens with one attached hydrogen (secondary N) is 1. The molecule has 2 bridgehead atoms. The second-order valence-electron chi connectivity index (χ2n) is 10.1. The van der Waals surface area contributed by atoms with Gasteiger partial charge in [0.2, 0.25) is 5.91 Å². The number of benzene rings is 1. The van der Waals surface area contributed by atoms with Gasteiger partial charge in [-0.15, -0.1) is 0 Å². The molecule has 0 radical (unpaired) electrons. The lowest BCUT2D eigenvalue weighted by atomic mass is 9.97. The lowest BCUT2D eigenvalue weighted by molar-refractivity contribution is -0.119. The fourth-order valence-corrected chi connectivity index (χ4v) is 5.95. The first-order valence-electron chi connectivity index (χ1n) is 13.3. The zero-order valence-corrected chi connectivity index (χ0v) is 25.6. The van der Waals surface area contributed by atoms with Crippen molar-refractivity contribution in [3.05, 3.63) is 87.5 Å². The number of nitrogens with zero attached hydrogens (tertiary/aromatic N) is 6. The molecule has 0 aliphatic carbocycles. The van der Waals surface area contributed by atoms with E-state index in [2.05, 4.69) is 20.4 Å². The van der Waals surface area contributed by atoms with Crippen LogP contribution >= 0.6 is 23.2 Å². The third-order valence-electron chi connectivity index (χ3n) is 7.14. The monoisotopic (exact) mass is 641 g/mol. The molecule has 224 valence electrons. The zero-order valence-electron chi connectivity index (χ0n) is 23.3. The minimum Gasteiger partial charge on any atom is -0.388 e. The van der Waals surface area contributed by atoms with Crippen LogP contribution in [0.5, 0.6) is 0 Å². The maximum atomic E-state index is 13.7. The molecule has 5 rings (SSSR count). The number of aromatic nitrogens is 5. The zero-order chi connectivity index (χ0) is 30.8. The van der Waals surface area contributed by atoms with Crippen LogP contribution in [-0.4, -0.2) is 40.1 Å². The Kier molecular flexibility index (Phi) is 8.97. The summed E-state index contributed by atoms with van der Waals surface area (Å²) in [4.78, 5) is 35.9. The Bertz CT molecular complexity index is 1800. The van der Waals surface area contributed by atoms with E-state index in [4.69, 9.17) is 34.8 Å². The highest BCUT2D eigenvalue weighted by atomic mass is 35.5. The fourth-order valence-electron chi connectivity index (χ4n) is 5.03. The third kappa shape index (κ3) is 6.49. The van der Waals surface area contributed by atoms with Gasteiger partial charge in [-0.25, -0.2) is 15.0 Å². The maximum Gasteiger partial charge on any atom is 0.254 e. The average molecular weight is 643 g/mol. The molecule has 0 spiro atoms. The number of halogens is 2. The summed E-state index contributed by atoms with van der Waals surface area (Å²) in [7, 11) is -1.49. The maximum absolute atomic E-state index is 13.7. The fraction of sp³-hybridized carbons (Fsp3) is 0.250. The number of amides is 1. The van der Waals surface area contributed by atoms with Gasteiger partial charge >= 0.3 is 0 Å². The first-order valence-corrected chi connectivity index (χ1v) is 15.5. The Morgan fingerprint density at radius 2 is 1.98 bits per heavy atom. The van der Waals surface area contributed by atoms with Crippen LogP contribution in [0.3, 0.4) is 0 Å². The third-order valence-corrected chi connectivity index (χ3v) is 8.24. The van der Waals surface area contributed by atoms with Gasteiger partial charge in [-0.1, -0.05) is 36.5 Å². The number of anilines is 2. The normalized spacial score (nSPS) is 18.2. The highest BCUT2D eigenvalue weighted by Crippen LogP contribution is 2.34. The minimum atomic E-state index is -1.49. The highest BCUT2D eigenvalue weighted by molar-refractivity contribution is 7.82. The molecule has 1 aliphatic rings. The minimum absolute atomic E-state index is 0.0313. The number of carbonyl (C=O) groups excluding carboxylic acids is 1. The molecule has 0 saturated heterocycles. The number of pyridine rings is 1. The molecule has 4 heterocycles. The number of hydrazine groups is 1. The Morgan fingerprint density at radius 1 is 1.19 bits per heavy atom. The average Bonchev–Trinajstić information content (AvgIpc) is 3.38. The number of nitrogens with two attached hydrogens (primary N) is 2. The Morgan fingerprint density at radius 3 is 2.70 bits per heavy atom. The molecule has 3 unspecified atom stereocenters. The van der Waals surface area contributed by atoms with Gasteiger partial charge in [0.05, 0.1) is 47.5 Å². The molecule has 12 nitrogen and oxygen atoms in total. The smallest absolute Gasteiger partial charge is 0.254 e. The van der Waals surface area contributed by atoms with Crippen LogP contribution in [0, 0.1) is 5.92 Å². The highest BCUT2D eigenvalue weighted by Gasteiger charge is 2.25. The van der Waals surface area contributed by atoms with Gasteiger partial charge in [0.25, 0.3) is 5.56 Å². The summed E-state index contributed by atoms with van der Waals surface area (Å²) in [6.07, 6.45) is 9.12. The molecule has 3 aromatic heterocycles. The number of hydrogen-bond donors (Lipinski definition) is 3. The molecule has 1 amide bonds. The van der Waals surface area contributed by atoms with E-state index in [1.807, 2.05) is 13.0 Å². The van der Waals surface area contributed by atoms with Crippen molar-refractivity contribution >= 4 is 51.5 Å². The Hall–Kier alpha value is -4.04. The van der Waals surface area contributed by atoms with Gasteiger partial charge in [0.1, 0.15) is 21.8 Å². The summed E-state index contributed by atoms with van der Waals surface area (Å²) in [6.45, 7) is 1.84. The molecule has 3 atom stereocenters. The molecule has 1 aromatic carbocycles. The van der Waals surface area contributed by atoms with Crippen LogP contribution in [0.2, 0.25) is 5.02 Å². The predicted octanol–water partition coefficient (Wildman–Crippen LogP) is 3.99. The van der Waals surface area contributed by atoms with Crippen LogP contribution < -0.4 is 27.5 Å². The molecule has 15 heteroatoms. The summed E-state index contributed by atoms with van der Waals surface area (Å²) < 4.78 is 15.4. The molecule has 43 heavy (non-hydrogen) atoms. The van der Waals surface area contributed by atoms with Crippen LogP contribution in [0.1, 0.15) is 37.9 Å². The van der Waals surface area contributed by atoms with E-state index in [1.165, 1.54) is 44.7 Å². The largest absolute Gasteiger partial charge is 0.388 e. The SMILES string of the molecule is CC1CCCC(n2cnc(-c3cc(Cl)ccc3N(N)/C=C(\N)Cl)cc2=O)c2cc(ccn2)-c2c(cnn2S(C)=O)NC1=O. The van der Waals surface area contributed by atoms with Gasteiger partial charge in [-0.05, 0) is 43.2 Å². The van der Waals surface area contributed by atoms with E-state index in [1.54, 1.807) is 30.5 Å². The van der Waals surface area contributed by atoms with E-state index in [0.29, 0.717) is 63.9 Å². The van der Waals surface area contributed by atoms with E-state index in [9.17, 15) is 13.8 Å². The van der Waals surface area contributed by atoms with Gasteiger partial charge in [0, 0.05) is 40.6 Å². The molecular weight excluding hydrogens is 613 g/mol. The van der Waals surface area contributed by atoms with E-state index >= 15 is 0 Å². The van der Waals surface area contributed by atoms with Crippen LogP contribution in [0.25, 0.3) is 22.5 Å². The molecule has 5 N–H and O–H groups in total. The second-order valence-corrected chi connectivity index (χ2v) is 12.2. The van der Waals surface area contributed by atoms with Crippen molar-refractivity contribution in [2.75, 3.05) is 16.6 Å². The van der Waals surface area contributed by atoms with Crippen molar-refractivity contribution < 1.29 is 9.00 Å². The molecule has 0 saturated carbocycles. The number of carbonyl (C=O) groups is 1. The standard InChI is InChI=1S/C28H29Cl2N9O3S/c1-16-4-3-5-24(21-10-17(8-9-33-21)27-22(36-28(16)41)13-35-39(27)43(2)42)37-15-34-20(12-26(37)40)19-11-18(29)6-7-23(19)38(32)14-25(30)31/h6-16,24H,3-5,31-32H2,1-2H3,(H,36,41)/b25-14-. The van der Waals surface area contributed by atoms with Gasteiger partial charge in [-0.2, -0.15) is 9.19 Å². The quantitative estimate of drug-likeness (QED) is 0.166. The Labute approximate surface area is 259 Å². The summed E-state index contributed by atoms with van der Waals surface area (Å²) >= 11 is 12.1. The molecule has 0 fully saturated rings. The summed E-state index contributed by atoms with van der Waals surface area (Å²) in [6, 6.07) is 9.43. The number of rotatable bonds is 5. The predicted molar refractivity (Wildman–Crippen MR) is 168 cm³/mol. The number of fused-ring (bicyclic) bond motifs is 4. The first kappa shape index (κ1) is 30.4. The molecule has 4 aromatic rings. The van der Waals surface area contributed by atoms with Crippen LogP contribution in [0.4, 0.5) is 11.4 Å². The van der Waals surface area contributed by atoms with E-state index in [0.717, 1.165) is 0 Å². The molecular formula is C28H29Cl2N9O3S. The lowest BCUT2D eigenvalue weighted by Crippen LogP contribution is -2.28. The van der Waals surface area contributed by atoms with Crippen molar-refractivity contribution in [1.82, 2.24) is 23.7 Å². The summed E-state index contributed by atoms with van der Waals surface area (Å²) in [5.41, 5.74) is 8.75. The Balaban J connectivity index is 1.61. The summed E-state index contributed by atoms with van der Waals surface area (Å²) in [5, 5.41) is 8.80. The lowest BCUT2D eigenvalue weighted by Gasteiger charge is -2.22. The topological polar surface area (TPSA) is 167 Å².